The number of alkyl halides is 3. The van der Waals surface area contributed by atoms with E-state index in [9.17, 15) is 18.0 Å². The number of carbonyl (C=O) groups excluding carboxylic acids is 1. The Hall–Kier alpha value is -1.81. The van der Waals surface area contributed by atoms with Gasteiger partial charge in [0.2, 0.25) is 5.13 Å². The smallest absolute Gasteiger partial charge is 0.406 e. The van der Waals surface area contributed by atoms with Crippen LogP contribution in [0.3, 0.4) is 0 Å². The van der Waals surface area contributed by atoms with Crippen molar-refractivity contribution in [3.63, 3.8) is 0 Å². The molecular formula is C14H14F3N3O2S2. The number of nitrogens with one attached hydrogen (secondary N) is 1. The van der Waals surface area contributed by atoms with E-state index in [-0.39, 0.29) is 11.5 Å². The molecule has 0 amide bonds. The maximum Gasteiger partial charge on any atom is 0.573 e. The van der Waals surface area contributed by atoms with Gasteiger partial charge in [-0.15, -0.1) is 23.4 Å². The summed E-state index contributed by atoms with van der Waals surface area (Å²) in [6.45, 7) is 1.56. The molecule has 0 atom stereocenters. The molecule has 130 valence electrons. The number of Topliss-reactive ketones (excluding diaryl/α,β-unsaturated/α-hetero) is 1. The Morgan fingerprint density at radius 2 is 2.00 bits per heavy atom. The molecule has 0 spiro atoms. The fraction of sp³-hybridized carbons (Fsp3) is 0.357. The summed E-state index contributed by atoms with van der Waals surface area (Å²) in [5, 5.41) is 11.5. The predicted octanol–water partition coefficient (Wildman–Crippen LogP) is 4.64. The monoisotopic (exact) mass is 377 g/mol. The van der Waals surface area contributed by atoms with Crippen LogP contribution in [0.15, 0.2) is 28.6 Å². The minimum atomic E-state index is -4.71. The van der Waals surface area contributed by atoms with E-state index in [1.807, 2.05) is 0 Å². The van der Waals surface area contributed by atoms with E-state index in [0.29, 0.717) is 17.2 Å². The first kappa shape index (κ1) is 18.5. The topological polar surface area (TPSA) is 64.1 Å². The first-order valence-corrected chi connectivity index (χ1v) is 8.70. The SMILES string of the molecule is CC(=O)CCCSc1nnc(Nc2ccc(OC(F)(F)F)cc2)s1. The number of ether oxygens (including phenoxy) is 1. The summed E-state index contributed by atoms with van der Waals surface area (Å²) in [5.41, 5.74) is 0.578. The third kappa shape index (κ3) is 6.75. The van der Waals surface area contributed by atoms with Crippen molar-refractivity contribution in [2.24, 2.45) is 0 Å². The maximum atomic E-state index is 12.1. The number of aromatic nitrogens is 2. The van der Waals surface area contributed by atoms with Crippen LogP contribution in [0.5, 0.6) is 5.75 Å². The summed E-state index contributed by atoms with van der Waals surface area (Å²) in [7, 11) is 0. The van der Waals surface area contributed by atoms with Crippen molar-refractivity contribution in [2.45, 2.75) is 30.5 Å². The van der Waals surface area contributed by atoms with Crippen LogP contribution in [0.4, 0.5) is 24.0 Å². The highest BCUT2D eigenvalue weighted by Gasteiger charge is 2.30. The molecule has 1 aromatic carbocycles. The second-order valence-corrected chi connectivity index (χ2v) is 7.04. The molecule has 10 heteroatoms. The Balaban J connectivity index is 1.84. The summed E-state index contributed by atoms with van der Waals surface area (Å²) < 4.78 is 40.8. The van der Waals surface area contributed by atoms with E-state index >= 15 is 0 Å². The minimum Gasteiger partial charge on any atom is -0.406 e. The van der Waals surface area contributed by atoms with E-state index in [0.717, 1.165) is 16.5 Å². The number of ketones is 1. The molecule has 24 heavy (non-hydrogen) atoms. The van der Waals surface area contributed by atoms with Crippen molar-refractivity contribution in [2.75, 3.05) is 11.1 Å². The molecule has 0 aliphatic heterocycles. The van der Waals surface area contributed by atoms with Crippen molar-refractivity contribution >= 4 is 39.7 Å². The molecule has 2 aromatic rings. The van der Waals surface area contributed by atoms with E-state index in [1.54, 1.807) is 6.92 Å². The molecule has 1 heterocycles. The van der Waals surface area contributed by atoms with Gasteiger partial charge in [0.1, 0.15) is 11.5 Å². The molecule has 0 aliphatic carbocycles. The van der Waals surface area contributed by atoms with Gasteiger partial charge in [-0.25, -0.2) is 0 Å². The molecule has 2 rings (SSSR count). The van der Waals surface area contributed by atoms with Gasteiger partial charge in [0, 0.05) is 17.9 Å². The highest BCUT2D eigenvalue weighted by Crippen LogP contribution is 2.29. The van der Waals surface area contributed by atoms with Crippen LogP contribution in [0.2, 0.25) is 0 Å². The van der Waals surface area contributed by atoms with Crippen LogP contribution in [0.1, 0.15) is 19.8 Å². The molecule has 0 saturated heterocycles. The number of rotatable bonds is 8. The summed E-state index contributed by atoms with van der Waals surface area (Å²) in [6, 6.07) is 5.35. The van der Waals surface area contributed by atoms with Gasteiger partial charge in [-0.2, -0.15) is 0 Å². The third-order valence-corrected chi connectivity index (χ3v) is 4.70. The Labute approximate surface area is 144 Å². The second kappa shape index (κ2) is 8.34. The first-order valence-electron chi connectivity index (χ1n) is 6.90. The molecule has 0 radical (unpaired) electrons. The molecule has 5 nitrogen and oxygen atoms in total. The van der Waals surface area contributed by atoms with Gasteiger partial charge in [-0.3, -0.25) is 0 Å². The molecule has 1 aromatic heterocycles. The highest BCUT2D eigenvalue weighted by molar-refractivity contribution is 8.01. The lowest BCUT2D eigenvalue weighted by atomic mass is 10.3. The zero-order valence-corrected chi connectivity index (χ0v) is 14.2. The van der Waals surface area contributed by atoms with Crippen LogP contribution in [0, 0.1) is 0 Å². The normalized spacial score (nSPS) is 11.3. The number of halogens is 3. The average Bonchev–Trinajstić information content (AvgIpc) is 2.91. The molecule has 0 fully saturated rings. The lowest BCUT2D eigenvalue weighted by Gasteiger charge is -2.09. The maximum absolute atomic E-state index is 12.1. The highest BCUT2D eigenvalue weighted by atomic mass is 32.2. The van der Waals surface area contributed by atoms with Gasteiger partial charge in [0.25, 0.3) is 0 Å². The van der Waals surface area contributed by atoms with Crippen LogP contribution in [0.25, 0.3) is 0 Å². The molecular weight excluding hydrogens is 363 g/mol. The summed E-state index contributed by atoms with van der Waals surface area (Å²) in [6.07, 6.45) is -3.38. The van der Waals surface area contributed by atoms with Crippen molar-refractivity contribution in [3.8, 4) is 5.75 Å². The summed E-state index contributed by atoms with van der Waals surface area (Å²) in [4.78, 5) is 10.8. The molecule has 1 N–H and O–H groups in total. The summed E-state index contributed by atoms with van der Waals surface area (Å²) in [5.74, 6) is 0.651. The van der Waals surface area contributed by atoms with E-state index in [1.165, 1.54) is 47.4 Å². The van der Waals surface area contributed by atoms with Gasteiger partial charge in [0.05, 0.1) is 0 Å². The second-order valence-electron chi connectivity index (χ2n) is 4.72. The lowest BCUT2D eigenvalue weighted by molar-refractivity contribution is -0.274. The standard InChI is InChI=1S/C14H14F3N3O2S2/c1-9(21)3-2-8-23-13-20-19-12(24-13)18-10-4-6-11(7-5-10)22-14(15,16)17/h4-7H,2-3,8H2,1H3,(H,18,19). The number of hydrogen-bond acceptors (Lipinski definition) is 7. The fourth-order valence-electron chi connectivity index (χ4n) is 1.66. The van der Waals surface area contributed by atoms with E-state index in [2.05, 4.69) is 20.3 Å². The Morgan fingerprint density at radius 3 is 2.62 bits per heavy atom. The quantitative estimate of drug-likeness (QED) is 0.534. The first-order chi connectivity index (χ1) is 11.3. The van der Waals surface area contributed by atoms with Crippen LogP contribution in [-0.4, -0.2) is 28.1 Å². The van der Waals surface area contributed by atoms with Crippen molar-refractivity contribution in [3.05, 3.63) is 24.3 Å². The fourth-order valence-corrected chi connectivity index (χ4v) is 3.44. The van der Waals surface area contributed by atoms with Crippen molar-refractivity contribution in [1.82, 2.24) is 10.2 Å². The predicted molar refractivity (Wildman–Crippen MR) is 87.0 cm³/mol. The Bertz CT molecular complexity index is 675. The van der Waals surface area contributed by atoms with Gasteiger partial charge in [-0.05, 0) is 37.6 Å². The van der Waals surface area contributed by atoms with Gasteiger partial charge in [0.15, 0.2) is 4.34 Å². The largest absolute Gasteiger partial charge is 0.573 e. The van der Waals surface area contributed by atoms with Gasteiger partial charge in [-0.1, -0.05) is 23.1 Å². The van der Waals surface area contributed by atoms with Crippen LogP contribution >= 0.6 is 23.1 Å². The van der Waals surface area contributed by atoms with Crippen molar-refractivity contribution in [1.29, 1.82) is 0 Å². The zero-order chi connectivity index (χ0) is 17.6. The number of hydrogen-bond donors (Lipinski definition) is 1. The Morgan fingerprint density at radius 1 is 1.29 bits per heavy atom. The zero-order valence-electron chi connectivity index (χ0n) is 12.6. The van der Waals surface area contributed by atoms with E-state index in [4.69, 9.17) is 0 Å². The molecule has 0 bridgehead atoms. The molecule has 0 aliphatic rings. The van der Waals surface area contributed by atoms with Crippen LogP contribution in [-0.2, 0) is 4.79 Å². The van der Waals surface area contributed by atoms with Crippen molar-refractivity contribution < 1.29 is 22.7 Å². The van der Waals surface area contributed by atoms with Gasteiger partial charge < -0.3 is 14.8 Å². The summed E-state index contributed by atoms with van der Waals surface area (Å²) >= 11 is 2.84. The van der Waals surface area contributed by atoms with Gasteiger partial charge >= 0.3 is 6.36 Å². The Kier molecular flexibility index (Phi) is 6.44. The minimum absolute atomic E-state index is 0.160. The number of anilines is 2. The number of carbonyl (C=O) groups is 1. The molecule has 0 saturated carbocycles. The third-order valence-electron chi connectivity index (χ3n) is 2.64. The van der Waals surface area contributed by atoms with Crippen LogP contribution < -0.4 is 10.1 Å². The lowest BCUT2D eigenvalue weighted by Crippen LogP contribution is -2.16. The van der Waals surface area contributed by atoms with E-state index < -0.39 is 6.36 Å². The average molecular weight is 377 g/mol. The number of thioether (sulfide) groups is 1. The molecule has 0 unspecified atom stereocenters. The number of benzene rings is 1. The number of nitrogens with zero attached hydrogens (tertiary/aromatic N) is 2.